The van der Waals surface area contributed by atoms with Gasteiger partial charge in [0.2, 0.25) is 0 Å². The molecule has 0 aliphatic carbocycles. The summed E-state index contributed by atoms with van der Waals surface area (Å²) in [6.07, 6.45) is 10.7. The lowest BCUT2D eigenvalue weighted by Gasteiger charge is -2.14. The fourth-order valence-corrected chi connectivity index (χ4v) is 1.04. The fraction of sp³-hybridized carbons (Fsp3) is 0.273. The molecule has 13 heavy (non-hydrogen) atoms. The summed E-state index contributed by atoms with van der Waals surface area (Å²) < 4.78 is 0. The number of hydrogen-bond donors (Lipinski definition) is 1. The number of allylic oxidation sites excluding steroid dienone is 5. The van der Waals surface area contributed by atoms with Gasteiger partial charge in [-0.2, -0.15) is 0 Å². The molecular weight excluding hydrogens is 160 g/mol. The van der Waals surface area contributed by atoms with Crippen LogP contribution in [-0.4, -0.2) is 18.5 Å². The van der Waals surface area contributed by atoms with E-state index in [0.717, 1.165) is 24.2 Å². The number of nitrogens with two attached hydrogens (primary N) is 1. The van der Waals surface area contributed by atoms with Crippen molar-refractivity contribution in [1.82, 2.24) is 4.90 Å². The highest BCUT2D eigenvalue weighted by molar-refractivity contribution is 5.30. The minimum Gasteiger partial charge on any atom is -0.402 e. The summed E-state index contributed by atoms with van der Waals surface area (Å²) in [4.78, 5) is 2.10. The highest BCUT2D eigenvalue weighted by Gasteiger charge is 1.94. The average molecular weight is 176 g/mol. The van der Waals surface area contributed by atoms with Crippen LogP contribution in [0.1, 0.15) is 6.42 Å². The molecule has 0 atom stereocenters. The van der Waals surface area contributed by atoms with E-state index in [2.05, 4.69) is 11.5 Å². The molecule has 0 radical (unpaired) electrons. The molecule has 0 saturated heterocycles. The van der Waals surface area contributed by atoms with Crippen LogP contribution in [0.4, 0.5) is 0 Å². The standard InChI is InChI=1S/C11H16N2/c1-10-4-3-5-11(12)7-9-13(2)8-6-10/h3-6,8H,1,7,9,12H2,2H3/b4-3-,8-6-,11-5+. The van der Waals surface area contributed by atoms with Crippen molar-refractivity contribution in [2.75, 3.05) is 13.6 Å². The Morgan fingerprint density at radius 1 is 1.46 bits per heavy atom. The highest BCUT2D eigenvalue weighted by Crippen LogP contribution is 2.03. The minimum absolute atomic E-state index is 0.900. The Hall–Kier alpha value is -1.44. The molecule has 70 valence electrons. The molecule has 1 aliphatic rings. The predicted octanol–water partition coefficient (Wildman–Crippen LogP) is 1.79. The lowest BCUT2D eigenvalue weighted by molar-refractivity contribution is 0.458. The summed E-state index contributed by atoms with van der Waals surface area (Å²) in [7, 11) is 2.03. The van der Waals surface area contributed by atoms with Gasteiger partial charge in [0.1, 0.15) is 0 Å². The first kappa shape index (κ1) is 9.65. The molecule has 2 heteroatoms. The van der Waals surface area contributed by atoms with Crippen LogP contribution >= 0.6 is 0 Å². The first-order valence-corrected chi connectivity index (χ1v) is 4.38. The molecule has 0 fully saturated rings. The second-order valence-corrected chi connectivity index (χ2v) is 3.22. The van der Waals surface area contributed by atoms with Gasteiger partial charge in [0.05, 0.1) is 0 Å². The molecule has 2 nitrogen and oxygen atoms in total. The summed E-state index contributed by atoms with van der Waals surface area (Å²) in [6, 6.07) is 0. The van der Waals surface area contributed by atoms with Gasteiger partial charge in [-0.25, -0.2) is 0 Å². The molecule has 2 N–H and O–H groups in total. The van der Waals surface area contributed by atoms with Crippen molar-refractivity contribution < 1.29 is 0 Å². The highest BCUT2D eigenvalue weighted by atomic mass is 15.1. The van der Waals surface area contributed by atoms with Crippen molar-refractivity contribution in [3.63, 3.8) is 0 Å². The van der Waals surface area contributed by atoms with E-state index in [1.54, 1.807) is 0 Å². The number of nitrogens with zero attached hydrogens (tertiary/aromatic N) is 1. The Kier molecular flexibility index (Phi) is 3.38. The van der Waals surface area contributed by atoms with Crippen LogP contribution in [-0.2, 0) is 0 Å². The van der Waals surface area contributed by atoms with Gasteiger partial charge < -0.3 is 10.6 Å². The van der Waals surface area contributed by atoms with Crippen molar-refractivity contribution in [2.45, 2.75) is 6.42 Å². The van der Waals surface area contributed by atoms with Crippen LogP contribution in [0, 0.1) is 0 Å². The Morgan fingerprint density at radius 2 is 2.23 bits per heavy atom. The number of hydrogen-bond acceptors (Lipinski definition) is 2. The van der Waals surface area contributed by atoms with Gasteiger partial charge in [-0.05, 0) is 23.9 Å². The van der Waals surface area contributed by atoms with Gasteiger partial charge in [-0.3, -0.25) is 0 Å². The zero-order valence-electron chi connectivity index (χ0n) is 8.03. The molecule has 0 aromatic heterocycles. The second-order valence-electron chi connectivity index (χ2n) is 3.22. The van der Waals surface area contributed by atoms with Crippen LogP contribution < -0.4 is 5.73 Å². The Bertz CT molecular complexity index is 272. The molecular formula is C11H16N2. The Labute approximate surface area is 79.7 Å². The monoisotopic (exact) mass is 176 g/mol. The van der Waals surface area contributed by atoms with Gasteiger partial charge in [0.15, 0.2) is 0 Å². The van der Waals surface area contributed by atoms with Crippen molar-refractivity contribution in [1.29, 1.82) is 0 Å². The maximum atomic E-state index is 5.76. The number of rotatable bonds is 0. The van der Waals surface area contributed by atoms with Crippen LogP contribution in [0.25, 0.3) is 0 Å². The molecule has 1 heterocycles. The predicted molar refractivity (Wildman–Crippen MR) is 56.9 cm³/mol. The summed E-state index contributed by atoms with van der Waals surface area (Å²) in [5, 5.41) is 0. The molecule has 0 spiro atoms. The Morgan fingerprint density at radius 3 is 3.00 bits per heavy atom. The van der Waals surface area contributed by atoms with E-state index in [4.69, 9.17) is 5.73 Å². The third kappa shape index (κ3) is 3.65. The van der Waals surface area contributed by atoms with Gasteiger partial charge in [0, 0.05) is 25.7 Å². The van der Waals surface area contributed by atoms with Crippen LogP contribution in [0.15, 0.2) is 48.4 Å². The van der Waals surface area contributed by atoms with E-state index in [1.807, 2.05) is 37.6 Å². The van der Waals surface area contributed by atoms with Gasteiger partial charge in [-0.15, -0.1) is 0 Å². The van der Waals surface area contributed by atoms with Gasteiger partial charge in [0.25, 0.3) is 0 Å². The molecule has 1 rings (SSSR count). The first-order chi connectivity index (χ1) is 6.18. The molecule has 0 unspecified atom stereocenters. The molecule has 0 bridgehead atoms. The van der Waals surface area contributed by atoms with E-state index >= 15 is 0 Å². The summed E-state index contributed by atoms with van der Waals surface area (Å²) in [6.45, 7) is 4.82. The Balaban J connectivity index is 2.76. The molecule has 1 aliphatic heterocycles. The third-order valence-electron chi connectivity index (χ3n) is 1.92. The summed E-state index contributed by atoms with van der Waals surface area (Å²) >= 11 is 0. The topological polar surface area (TPSA) is 29.3 Å². The zero-order valence-corrected chi connectivity index (χ0v) is 8.03. The largest absolute Gasteiger partial charge is 0.402 e. The first-order valence-electron chi connectivity index (χ1n) is 4.38. The quantitative estimate of drug-likeness (QED) is 0.609. The van der Waals surface area contributed by atoms with Crippen molar-refractivity contribution >= 4 is 0 Å². The van der Waals surface area contributed by atoms with Gasteiger partial charge >= 0.3 is 0 Å². The van der Waals surface area contributed by atoms with Crippen LogP contribution in [0.2, 0.25) is 0 Å². The van der Waals surface area contributed by atoms with E-state index < -0.39 is 0 Å². The van der Waals surface area contributed by atoms with E-state index in [0.29, 0.717) is 0 Å². The van der Waals surface area contributed by atoms with Crippen molar-refractivity contribution in [3.05, 3.63) is 48.4 Å². The van der Waals surface area contributed by atoms with E-state index in [-0.39, 0.29) is 0 Å². The molecule has 0 aromatic carbocycles. The van der Waals surface area contributed by atoms with Gasteiger partial charge in [-0.1, -0.05) is 18.7 Å². The third-order valence-corrected chi connectivity index (χ3v) is 1.92. The molecule has 0 aromatic rings. The van der Waals surface area contributed by atoms with E-state index in [9.17, 15) is 0 Å². The van der Waals surface area contributed by atoms with Crippen LogP contribution in [0.5, 0.6) is 0 Å². The van der Waals surface area contributed by atoms with E-state index in [1.165, 1.54) is 0 Å². The lowest BCUT2D eigenvalue weighted by Crippen LogP contribution is -2.15. The molecule has 0 amide bonds. The summed E-state index contributed by atoms with van der Waals surface area (Å²) in [5.41, 5.74) is 7.65. The lowest BCUT2D eigenvalue weighted by atomic mass is 10.2. The SMILES string of the molecule is C=C1/C=C\C=C(\N)CCN(C)/C=C\1. The summed E-state index contributed by atoms with van der Waals surface area (Å²) in [5.74, 6) is 0. The average Bonchev–Trinajstić information content (AvgIpc) is 2.10. The van der Waals surface area contributed by atoms with Crippen molar-refractivity contribution in [2.24, 2.45) is 5.73 Å². The minimum atomic E-state index is 0.900. The second kappa shape index (κ2) is 4.55. The fourth-order valence-electron chi connectivity index (χ4n) is 1.04. The zero-order chi connectivity index (χ0) is 9.68. The normalized spacial score (nSPS) is 27.6. The maximum Gasteiger partial charge on any atom is 0.0223 e. The van der Waals surface area contributed by atoms with Crippen molar-refractivity contribution in [3.8, 4) is 0 Å². The smallest absolute Gasteiger partial charge is 0.0223 e. The van der Waals surface area contributed by atoms with Crippen LogP contribution in [0.3, 0.4) is 0 Å². The maximum absolute atomic E-state index is 5.76. The molecule has 0 saturated carbocycles.